The summed E-state index contributed by atoms with van der Waals surface area (Å²) in [4.78, 5) is 25.7. The van der Waals surface area contributed by atoms with Crippen LogP contribution in [-0.4, -0.2) is 16.7 Å². The number of carbonyl (C=O) groups is 2. The van der Waals surface area contributed by atoms with Crippen molar-refractivity contribution >= 4 is 11.6 Å². The maximum absolute atomic E-state index is 13.1. The predicted octanol–water partition coefficient (Wildman–Crippen LogP) is 4.02. The zero-order valence-corrected chi connectivity index (χ0v) is 14.3. The summed E-state index contributed by atoms with van der Waals surface area (Å²) in [5, 5.41) is 10.6. The third-order valence-corrected chi connectivity index (χ3v) is 5.61. The Kier molecular flexibility index (Phi) is 3.83. The summed E-state index contributed by atoms with van der Waals surface area (Å²) in [5.41, 5.74) is 1.92. The average Bonchev–Trinajstić information content (AvgIpc) is 2.55. The second-order valence-electron chi connectivity index (χ2n) is 6.98. The van der Waals surface area contributed by atoms with Gasteiger partial charge in [0.15, 0.2) is 11.6 Å². The van der Waals surface area contributed by atoms with E-state index in [0.717, 1.165) is 11.1 Å². The SMILES string of the molecule is C=CC1=CC[C@H]2C(=O)C=C(C)C(=O)[C@@]2(C)[C@H]1c1cccc(C)c1O. The third kappa shape index (κ3) is 2.11. The van der Waals surface area contributed by atoms with Crippen molar-refractivity contribution in [2.75, 3.05) is 0 Å². The van der Waals surface area contributed by atoms with Crippen LogP contribution in [0.25, 0.3) is 0 Å². The van der Waals surface area contributed by atoms with E-state index in [1.807, 2.05) is 38.1 Å². The molecule has 124 valence electrons. The number of phenolic OH excluding ortho intramolecular Hbond substituents is 1. The molecule has 0 amide bonds. The lowest BCUT2D eigenvalue weighted by atomic mass is 9.53. The highest BCUT2D eigenvalue weighted by Crippen LogP contribution is 2.56. The molecular formula is C21H22O3. The van der Waals surface area contributed by atoms with Crippen LogP contribution >= 0.6 is 0 Å². The van der Waals surface area contributed by atoms with Crippen LogP contribution in [0, 0.1) is 18.3 Å². The minimum Gasteiger partial charge on any atom is -0.507 e. The molecule has 0 spiro atoms. The Hall–Kier alpha value is -2.42. The Labute approximate surface area is 142 Å². The first kappa shape index (κ1) is 16.4. The quantitative estimate of drug-likeness (QED) is 0.894. The first-order chi connectivity index (χ1) is 11.3. The molecule has 0 bridgehead atoms. The molecule has 1 N–H and O–H groups in total. The van der Waals surface area contributed by atoms with E-state index >= 15 is 0 Å². The normalized spacial score (nSPS) is 29.6. The molecule has 1 aromatic rings. The fraction of sp³-hybridized carbons (Fsp3) is 0.333. The van der Waals surface area contributed by atoms with Gasteiger partial charge in [0.25, 0.3) is 0 Å². The highest BCUT2D eigenvalue weighted by Gasteiger charge is 2.55. The van der Waals surface area contributed by atoms with E-state index in [-0.39, 0.29) is 23.2 Å². The van der Waals surface area contributed by atoms with E-state index in [0.29, 0.717) is 17.6 Å². The average molecular weight is 322 g/mol. The number of allylic oxidation sites excluding steroid dienone is 5. The van der Waals surface area contributed by atoms with Crippen molar-refractivity contribution in [3.8, 4) is 5.75 Å². The van der Waals surface area contributed by atoms with E-state index < -0.39 is 11.3 Å². The highest BCUT2D eigenvalue weighted by molar-refractivity contribution is 6.13. The lowest BCUT2D eigenvalue weighted by molar-refractivity contribution is -0.137. The van der Waals surface area contributed by atoms with Crippen molar-refractivity contribution in [1.82, 2.24) is 0 Å². The van der Waals surface area contributed by atoms with Crippen molar-refractivity contribution in [1.29, 1.82) is 0 Å². The van der Waals surface area contributed by atoms with Gasteiger partial charge in [-0.3, -0.25) is 9.59 Å². The minimum atomic E-state index is -0.903. The highest BCUT2D eigenvalue weighted by atomic mass is 16.3. The lowest BCUT2D eigenvalue weighted by Gasteiger charge is -2.47. The number of benzene rings is 1. The summed E-state index contributed by atoms with van der Waals surface area (Å²) in [5.74, 6) is -0.628. The lowest BCUT2D eigenvalue weighted by Crippen LogP contribution is -2.49. The molecule has 0 aliphatic heterocycles. The van der Waals surface area contributed by atoms with E-state index in [4.69, 9.17) is 0 Å². The molecule has 1 aromatic carbocycles. The number of fused-ring (bicyclic) bond motifs is 1. The molecule has 24 heavy (non-hydrogen) atoms. The smallest absolute Gasteiger partial charge is 0.166 e. The van der Waals surface area contributed by atoms with Crippen LogP contribution < -0.4 is 0 Å². The van der Waals surface area contributed by atoms with Crippen molar-refractivity contribution in [2.24, 2.45) is 11.3 Å². The predicted molar refractivity (Wildman–Crippen MR) is 93.8 cm³/mol. The van der Waals surface area contributed by atoms with Gasteiger partial charge < -0.3 is 5.11 Å². The van der Waals surface area contributed by atoms with Crippen molar-refractivity contribution in [3.63, 3.8) is 0 Å². The largest absolute Gasteiger partial charge is 0.507 e. The van der Waals surface area contributed by atoms with Crippen LogP contribution in [0.4, 0.5) is 0 Å². The monoisotopic (exact) mass is 322 g/mol. The van der Waals surface area contributed by atoms with E-state index in [9.17, 15) is 14.7 Å². The number of Topliss-reactive ketones (excluding diaryl/α,β-unsaturated/α-hetero) is 1. The Morgan fingerprint density at radius 3 is 2.67 bits per heavy atom. The molecule has 0 heterocycles. The Balaban J connectivity index is 2.29. The molecule has 0 saturated heterocycles. The van der Waals surface area contributed by atoms with Crippen LogP contribution in [0.3, 0.4) is 0 Å². The molecule has 2 aliphatic rings. The van der Waals surface area contributed by atoms with Gasteiger partial charge in [0, 0.05) is 17.4 Å². The van der Waals surface area contributed by atoms with Gasteiger partial charge in [-0.05, 0) is 43.1 Å². The van der Waals surface area contributed by atoms with Crippen LogP contribution in [0.15, 0.2) is 54.2 Å². The summed E-state index contributed by atoms with van der Waals surface area (Å²) in [7, 11) is 0. The van der Waals surface area contributed by atoms with Gasteiger partial charge in [-0.15, -0.1) is 0 Å². The van der Waals surface area contributed by atoms with Crippen LogP contribution in [0.5, 0.6) is 5.75 Å². The number of phenols is 1. The molecule has 3 heteroatoms. The number of aryl methyl sites for hydroxylation is 1. The van der Waals surface area contributed by atoms with Gasteiger partial charge in [-0.25, -0.2) is 0 Å². The number of aromatic hydroxyl groups is 1. The van der Waals surface area contributed by atoms with Gasteiger partial charge in [-0.2, -0.15) is 0 Å². The topological polar surface area (TPSA) is 54.4 Å². The first-order valence-corrected chi connectivity index (χ1v) is 8.20. The molecule has 3 nitrogen and oxygen atoms in total. The van der Waals surface area contributed by atoms with Crippen molar-refractivity contribution in [2.45, 2.75) is 33.1 Å². The number of hydrogen-bond acceptors (Lipinski definition) is 3. The minimum absolute atomic E-state index is 0.00824. The van der Waals surface area contributed by atoms with Gasteiger partial charge in [0.2, 0.25) is 0 Å². The van der Waals surface area contributed by atoms with Crippen LogP contribution in [0.2, 0.25) is 0 Å². The van der Waals surface area contributed by atoms with Gasteiger partial charge in [0.1, 0.15) is 5.75 Å². The second kappa shape index (κ2) is 5.59. The number of carbonyl (C=O) groups excluding carboxylic acids is 2. The molecule has 2 aliphatic carbocycles. The fourth-order valence-corrected chi connectivity index (χ4v) is 4.29. The van der Waals surface area contributed by atoms with Gasteiger partial charge in [0.05, 0.1) is 5.41 Å². The number of para-hydroxylation sites is 1. The summed E-state index contributed by atoms with van der Waals surface area (Å²) >= 11 is 0. The fourth-order valence-electron chi connectivity index (χ4n) is 4.29. The van der Waals surface area contributed by atoms with Crippen LogP contribution in [-0.2, 0) is 9.59 Å². The molecule has 3 rings (SSSR count). The van der Waals surface area contributed by atoms with Gasteiger partial charge >= 0.3 is 0 Å². The molecule has 0 radical (unpaired) electrons. The second-order valence-corrected chi connectivity index (χ2v) is 6.98. The number of ketones is 2. The molecule has 0 fully saturated rings. The van der Waals surface area contributed by atoms with Crippen LogP contribution in [0.1, 0.15) is 37.3 Å². The summed E-state index contributed by atoms with van der Waals surface area (Å²) in [6.45, 7) is 9.27. The van der Waals surface area contributed by atoms with Crippen molar-refractivity contribution < 1.29 is 14.7 Å². The first-order valence-electron chi connectivity index (χ1n) is 8.20. The summed E-state index contributed by atoms with van der Waals surface area (Å²) in [6.07, 6.45) is 5.70. The zero-order valence-electron chi connectivity index (χ0n) is 14.3. The number of hydrogen-bond donors (Lipinski definition) is 1. The Bertz CT molecular complexity index is 812. The van der Waals surface area contributed by atoms with Gasteiger partial charge in [-0.1, -0.05) is 43.9 Å². The molecule has 0 aromatic heterocycles. The maximum atomic E-state index is 13.1. The Morgan fingerprint density at radius 2 is 2.00 bits per heavy atom. The molecule has 0 saturated carbocycles. The maximum Gasteiger partial charge on any atom is 0.166 e. The zero-order chi connectivity index (χ0) is 17.6. The van der Waals surface area contributed by atoms with E-state index in [1.165, 1.54) is 6.08 Å². The molecule has 0 unspecified atom stereocenters. The number of rotatable bonds is 2. The Morgan fingerprint density at radius 1 is 1.29 bits per heavy atom. The molecule has 3 atom stereocenters. The van der Waals surface area contributed by atoms with E-state index in [1.54, 1.807) is 13.0 Å². The standard InChI is InChI=1S/C21H22O3/c1-5-14-9-10-16-17(22)11-13(3)20(24)21(16,4)18(14)15-8-6-7-12(2)19(15)23/h5-9,11,16,18,23H,1,10H2,2-4H3/t16-,18+,21+/m0/s1. The van der Waals surface area contributed by atoms with E-state index in [2.05, 4.69) is 6.58 Å². The summed E-state index contributed by atoms with van der Waals surface area (Å²) < 4.78 is 0. The summed E-state index contributed by atoms with van der Waals surface area (Å²) in [6, 6.07) is 5.54. The van der Waals surface area contributed by atoms with Crippen molar-refractivity contribution in [3.05, 3.63) is 65.3 Å². The third-order valence-electron chi connectivity index (χ3n) is 5.61. The molecular weight excluding hydrogens is 300 g/mol.